The summed E-state index contributed by atoms with van der Waals surface area (Å²) < 4.78 is 1.85. The molecule has 4 heteroatoms. The zero-order valence-electron chi connectivity index (χ0n) is 9.34. The van der Waals surface area contributed by atoms with E-state index in [0.29, 0.717) is 17.0 Å². The van der Waals surface area contributed by atoms with Crippen LogP contribution in [0.2, 0.25) is 0 Å². The number of hydrogen-bond donors (Lipinski definition) is 1. The van der Waals surface area contributed by atoms with E-state index in [2.05, 4.69) is 18.8 Å². The Morgan fingerprint density at radius 1 is 1.56 bits per heavy atom. The number of aromatic nitrogens is 2. The molecular weight excluding hydrogens is 204 g/mol. The topological polar surface area (TPSA) is 54.6 Å². The van der Waals surface area contributed by atoms with Gasteiger partial charge in [0.2, 0.25) is 0 Å². The van der Waals surface area contributed by atoms with Gasteiger partial charge < -0.3 is 9.51 Å². The van der Waals surface area contributed by atoms with Crippen molar-refractivity contribution in [2.75, 3.05) is 0 Å². The Kier molecular flexibility index (Phi) is 2.64. The van der Waals surface area contributed by atoms with Gasteiger partial charge in [0.15, 0.2) is 0 Å². The fourth-order valence-electron chi connectivity index (χ4n) is 1.77. The Balaban J connectivity index is 2.57. The second kappa shape index (κ2) is 3.96. The minimum atomic E-state index is -0.915. The second-order valence-corrected chi connectivity index (χ2v) is 4.25. The normalized spacial score (nSPS) is 11.2. The largest absolute Gasteiger partial charge is 0.478 e. The number of carboxylic acid groups (broad SMARTS) is 1. The lowest BCUT2D eigenvalue weighted by Gasteiger charge is -2.04. The minimum absolute atomic E-state index is 0.296. The molecule has 0 aromatic carbocycles. The van der Waals surface area contributed by atoms with Crippen molar-refractivity contribution in [1.29, 1.82) is 0 Å². The summed E-state index contributed by atoms with van der Waals surface area (Å²) in [6, 6.07) is 3.33. The zero-order chi connectivity index (χ0) is 11.7. The van der Waals surface area contributed by atoms with Crippen LogP contribution in [0.3, 0.4) is 0 Å². The molecule has 0 aliphatic rings. The average Bonchev–Trinajstić information content (AvgIpc) is 2.60. The molecule has 4 nitrogen and oxygen atoms in total. The molecule has 2 rings (SSSR count). The van der Waals surface area contributed by atoms with Crippen molar-refractivity contribution in [3.05, 3.63) is 35.9 Å². The van der Waals surface area contributed by atoms with E-state index in [9.17, 15) is 4.79 Å². The first-order valence-corrected chi connectivity index (χ1v) is 5.28. The molecule has 0 unspecified atom stereocenters. The van der Waals surface area contributed by atoms with Gasteiger partial charge in [-0.1, -0.05) is 13.8 Å². The van der Waals surface area contributed by atoms with Crippen LogP contribution < -0.4 is 0 Å². The molecule has 0 amide bonds. The van der Waals surface area contributed by atoms with Gasteiger partial charge in [0.25, 0.3) is 0 Å². The van der Waals surface area contributed by atoms with Gasteiger partial charge in [0, 0.05) is 12.6 Å². The lowest BCUT2D eigenvalue weighted by Crippen LogP contribution is -2.03. The summed E-state index contributed by atoms with van der Waals surface area (Å²) in [6.07, 6.45) is 4.32. The monoisotopic (exact) mass is 218 g/mol. The van der Waals surface area contributed by atoms with E-state index in [1.165, 1.54) is 0 Å². The predicted octanol–water partition coefficient (Wildman–Crippen LogP) is 2.23. The number of nitrogens with zero attached hydrogens (tertiary/aromatic N) is 2. The molecule has 16 heavy (non-hydrogen) atoms. The van der Waals surface area contributed by atoms with Crippen molar-refractivity contribution >= 4 is 11.5 Å². The van der Waals surface area contributed by atoms with Crippen molar-refractivity contribution < 1.29 is 9.90 Å². The van der Waals surface area contributed by atoms with Crippen LogP contribution in [-0.2, 0) is 6.42 Å². The van der Waals surface area contributed by atoms with Gasteiger partial charge in [-0.05, 0) is 18.1 Å². The number of hydrogen-bond acceptors (Lipinski definition) is 2. The fraction of sp³-hybridized carbons (Fsp3) is 0.333. The maximum Gasteiger partial charge on any atom is 0.337 e. The Hall–Kier alpha value is -1.84. The number of aromatic carboxylic acids is 1. The molecule has 0 bridgehead atoms. The van der Waals surface area contributed by atoms with Crippen LogP contribution in [0.25, 0.3) is 5.52 Å². The maximum atomic E-state index is 11.0. The Bertz CT molecular complexity index is 529. The molecule has 2 aromatic heterocycles. The van der Waals surface area contributed by atoms with Gasteiger partial charge in [-0.15, -0.1) is 0 Å². The smallest absolute Gasteiger partial charge is 0.337 e. The molecule has 84 valence electrons. The summed E-state index contributed by atoms with van der Waals surface area (Å²) in [5.74, 6) is 0.494. The lowest BCUT2D eigenvalue weighted by molar-refractivity contribution is 0.0698. The highest BCUT2D eigenvalue weighted by atomic mass is 16.4. The molecule has 1 N–H and O–H groups in total. The van der Waals surface area contributed by atoms with E-state index < -0.39 is 5.97 Å². The van der Waals surface area contributed by atoms with E-state index in [0.717, 1.165) is 12.2 Å². The second-order valence-electron chi connectivity index (χ2n) is 4.25. The van der Waals surface area contributed by atoms with E-state index >= 15 is 0 Å². The third-order valence-corrected chi connectivity index (χ3v) is 2.47. The summed E-state index contributed by atoms with van der Waals surface area (Å²) >= 11 is 0. The number of rotatable bonds is 3. The third-order valence-electron chi connectivity index (χ3n) is 2.47. The Labute approximate surface area is 93.5 Å². The van der Waals surface area contributed by atoms with Crippen LogP contribution in [0.5, 0.6) is 0 Å². The molecule has 0 atom stereocenters. The highest BCUT2D eigenvalue weighted by Crippen LogP contribution is 2.15. The van der Waals surface area contributed by atoms with E-state index in [1.54, 1.807) is 18.3 Å². The van der Waals surface area contributed by atoms with Crippen molar-refractivity contribution in [2.24, 2.45) is 5.92 Å². The summed E-state index contributed by atoms with van der Waals surface area (Å²) in [7, 11) is 0. The minimum Gasteiger partial charge on any atom is -0.478 e. The lowest BCUT2D eigenvalue weighted by atomic mass is 10.1. The van der Waals surface area contributed by atoms with Gasteiger partial charge in [-0.3, -0.25) is 0 Å². The standard InChI is InChI=1S/C12H14N2O2/c1-8(2)6-11-13-7-10-9(12(15)16)4-3-5-14(10)11/h3-5,7-8H,6H2,1-2H3,(H,15,16). The summed E-state index contributed by atoms with van der Waals surface area (Å²) in [5.41, 5.74) is 0.954. The van der Waals surface area contributed by atoms with Crippen molar-refractivity contribution in [3.8, 4) is 0 Å². The number of pyridine rings is 1. The molecule has 0 aliphatic heterocycles. The Morgan fingerprint density at radius 2 is 2.31 bits per heavy atom. The van der Waals surface area contributed by atoms with Crippen LogP contribution in [0.1, 0.15) is 30.0 Å². The SMILES string of the molecule is CC(C)Cc1ncc2c(C(=O)O)cccn12. The molecule has 2 aromatic rings. The van der Waals surface area contributed by atoms with Crippen LogP contribution in [0.4, 0.5) is 0 Å². The molecule has 0 fully saturated rings. The van der Waals surface area contributed by atoms with Gasteiger partial charge in [-0.2, -0.15) is 0 Å². The van der Waals surface area contributed by atoms with Gasteiger partial charge in [0.1, 0.15) is 5.82 Å². The first kappa shape index (κ1) is 10.7. The number of carbonyl (C=O) groups is 1. The molecule has 0 spiro atoms. The maximum absolute atomic E-state index is 11.0. The van der Waals surface area contributed by atoms with Crippen molar-refractivity contribution in [2.45, 2.75) is 20.3 Å². The van der Waals surface area contributed by atoms with Gasteiger partial charge in [0.05, 0.1) is 17.3 Å². The molecule has 2 heterocycles. The van der Waals surface area contributed by atoms with E-state index in [-0.39, 0.29) is 0 Å². The highest BCUT2D eigenvalue weighted by Gasteiger charge is 2.12. The van der Waals surface area contributed by atoms with Gasteiger partial charge in [-0.25, -0.2) is 9.78 Å². The van der Waals surface area contributed by atoms with Crippen LogP contribution >= 0.6 is 0 Å². The number of imidazole rings is 1. The average molecular weight is 218 g/mol. The van der Waals surface area contributed by atoms with Crippen molar-refractivity contribution in [3.63, 3.8) is 0 Å². The molecule has 0 saturated heterocycles. The molecule has 0 aliphatic carbocycles. The highest BCUT2D eigenvalue weighted by molar-refractivity contribution is 5.95. The van der Waals surface area contributed by atoms with E-state index in [4.69, 9.17) is 5.11 Å². The van der Waals surface area contributed by atoms with Crippen LogP contribution in [0.15, 0.2) is 24.5 Å². The molecular formula is C12H14N2O2. The number of carboxylic acids is 1. The quantitative estimate of drug-likeness (QED) is 0.859. The zero-order valence-corrected chi connectivity index (χ0v) is 9.34. The van der Waals surface area contributed by atoms with Gasteiger partial charge >= 0.3 is 5.97 Å². The third kappa shape index (κ3) is 1.78. The summed E-state index contributed by atoms with van der Waals surface area (Å²) in [6.45, 7) is 4.23. The molecule has 0 radical (unpaired) electrons. The summed E-state index contributed by atoms with van der Waals surface area (Å²) in [5, 5.41) is 9.03. The first-order chi connectivity index (χ1) is 7.59. The fourth-order valence-corrected chi connectivity index (χ4v) is 1.77. The molecule has 0 saturated carbocycles. The van der Waals surface area contributed by atoms with Crippen LogP contribution in [-0.4, -0.2) is 20.5 Å². The Morgan fingerprint density at radius 3 is 2.94 bits per heavy atom. The predicted molar refractivity (Wildman–Crippen MR) is 60.7 cm³/mol. The summed E-state index contributed by atoms with van der Waals surface area (Å²) in [4.78, 5) is 15.3. The van der Waals surface area contributed by atoms with Crippen LogP contribution in [0, 0.1) is 5.92 Å². The van der Waals surface area contributed by atoms with E-state index in [1.807, 2.05) is 10.6 Å². The first-order valence-electron chi connectivity index (χ1n) is 5.28. The van der Waals surface area contributed by atoms with Crippen molar-refractivity contribution in [1.82, 2.24) is 9.38 Å². The number of fused-ring (bicyclic) bond motifs is 1.